The normalized spacial score (nSPS) is 16.3. The standard InChI is InChI=1S/C15H24N2O/c1-2-3-4-9-15(18)12-13-10-11-17(16-13)14-7-5-6-8-14/h10-11,14H,2-9,12H2,1H3. The van der Waals surface area contributed by atoms with E-state index in [4.69, 9.17) is 0 Å². The molecule has 1 aliphatic rings. The van der Waals surface area contributed by atoms with Crippen molar-refractivity contribution in [3.8, 4) is 0 Å². The molecule has 0 spiro atoms. The highest BCUT2D eigenvalue weighted by Crippen LogP contribution is 2.28. The van der Waals surface area contributed by atoms with Gasteiger partial charge in [0.2, 0.25) is 0 Å². The van der Waals surface area contributed by atoms with Crippen LogP contribution in [0.1, 0.15) is 70.0 Å². The smallest absolute Gasteiger partial charge is 0.138 e. The summed E-state index contributed by atoms with van der Waals surface area (Å²) in [5.74, 6) is 0.333. The van der Waals surface area contributed by atoms with Crippen LogP contribution in [0.3, 0.4) is 0 Å². The summed E-state index contributed by atoms with van der Waals surface area (Å²) < 4.78 is 2.07. The number of unbranched alkanes of at least 4 members (excludes halogenated alkanes) is 2. The predicted octanol–water partition coefficient (Wildman–Crippen LogP) is 3.69. The van der Waals surface area contributed by atoms with Gasteiger partial charge in [0.25, 0.3) is 0 Å². The van der Waals surface area contributed by atoms with E-state index >= 15 is 0 Å². The van der Waals surface area contributed by atoms with E-state index in [1.807, 2.05) is 12.3 Å². The summed E-state index contributed by atoms with van der Waals surface area (Å²) in [7, 11) is 0. The minimum absolute atomic E-state index is 0.333. The molecule has 1 heterocycles. The van der Waals surface area contributed by atoms with Crippen molar-refractivity contribution in [2.75, 3.05) is 0 Å². The number of aromatic nitrogens is 2. The van der Waals surface area contributed by atoms with E-state index in [9.17, 15) is 4.79 Å². The maximum atomic E-state index is 11.8. The number of rotatable bonds is 7. The average molecular weight is 248 g/mol. The number of Topliss-reactive ketones (excluding diaryl/α,β-unsaturated/α-hetero) is 1. The van der Waals surface area contributed by atoms with Crippen molar-refractivity contribution in [2.45, 2.75) is 70.8 Å². The lowest BCUT2D eigenvalue weighted by Gasteiger charge is -2.08. The van der Waals surface area contributed by atoms with Crippen molar-refractivity contribution in [2.24, 2.45) is 0 Å². The number of nitrogens with zero attached hydrogens (tertiary/aromatic N) is 2. The molecule has 0 atom stereocenters. The SMILES string of the molecule is CCCCCC(=O)Cc1ccn(C2CCCC2)n1. The first-order chi connectivity index (χ1) is 8.79. The van der Waals surface area contributed by atoms with E-state index in [0.717, 1.165) is 18.5 Å². The van der Waals surface area contributed by atoms with Gasteiger partial charge in [-0.3, -0.25) is 9.48 Å². The van der Waals surface area contributed by atoms with Crippen LogP contribution in [0.15, 0.2) is 12.3 Å². The summed E-state index contributed by atoms with van der Waals surface area (Å²) in [4.78, 5) is 11.8. The van der Waals surface area contributed by atoms with Crippen LogP contribution in [-0.4, -0.2) is 15.6 Å². The lowest BCUT2D eigenvalue weighted by atomic mass is 10.1. The van der Waals surface area contributed by atoms with Crippen molar-refractivity contribution < 1.29 is 4.79 Å². The largest absolute Gasteiger partial charge is 0.299 e. The molecule has 100 valence electrons. The van der Waals surface area contributed by atoms with E-state index in [0.29, 0.717) is 24.7 Å². The fourth-order valence-electron chi connectivity index (χ4n) is 2.71. The highest BCUT2D eigenvalue weighted by Gasteiger charge is 2.17. The van der Waals surface area contributed by atoms with E-state index in [2.05, 4.69) is 16.7 Å². The maximum Gasteiger partial charge on any atom is 0.138 e. The van der Waals surface area contributed by atoms with Gasteiger partial charge in [-0.05, 0) is 25.3 Å². The Morgan fingerprint density at radius 2 is 2.17 bits per heavy atom. The van der Waals surface area contributed by atoms with Crippen LogP contribution in [0.25, 0.3) is 0 Å². The number of hydrogen-bond donors (Lipinski definition) is 0. The summed E-state index contributed by atoms with van der Waals surface area (Å²) in [6.07, 6.45) is 11.7. The number of hydrogen-bond acceptors (Lipinski definition) is 2. The summed E-state index contributed by atoms with van der Waals surface area (Å²) in [6, 6.07) is 2.59. The van der Waals surface area contributed by atoms with Crippen LogP contribution < -0.4 is 0 Å². The Labute approximate surface area is 110 Å². The average Bonchev–Trinajstić information content (AvgIpc) is 2.98. The Morgan fingerprint density at radius 1 is 1.39 bits per heavy atom. The second-order valence-corrected chi connectivity index (χ2v) is 5.40. The number of ketones is 1. The van der Waals surface area contributed by atoms with E-state index in [1.165, 1.54) is 32.1 Å². The summed E-state index contributed by atoms with van der Waals surface area (Å²) in [6.45, 7) is 2.16. The van der Waals surface area contributed by atoms with Gasteiger partial charge in [-0.25, -0.2) is 0 Å². The summed E-state index contributed by atoms with van der Waals surface area (Å²) in [5.41, 5.74) is 0.948. The Balaban J connectivity index is 1.80. The molecule has 1 fully saturated rings. The van der Waals surface area contributed by atoms with Crippen LogP contribution in [-0.2, 0) is 11.2 Å². The second kappa shape index (κ2) is 6.72. The van der Waals surface area contributed by atoms with Crippen molar-refractivity contribution in [1.29, 1.82) is 0 Å². The molecule has 0 bridgehead atoms. The molecule has 3 heteroatoms. The van der Waals surface area contributed by atoms with Crippen LogP contribution >= 0.6 is 0 Å². The van der Waals surface area contributed by atoms with Gasteiger partial charge in [-0.15, -0.1) is 0 Å². The van der Waals surface area contributed by atoms with Crippen molar-refractivity contribution >= 4 is 5.78 Å². The van der Waals surface area contributed by atoms with Crippen LogP contribution in [0.2, 0.25) is 0 Å². The van der Waals surface area contributed by atoms with Crippen molar-refractivity contribution in [3.05, 3.63) is 18.0 Å². The highest BCUT2D eigenvalue weighted by atomic mass is 16.1. The first-order valence-electron chi connectivity index (χ1n) is 7.35. The molecule has 0 saturated heterocycles. The highest BCUT2D eigenvalue weighted by molar-refractivity contribution is 5.80. The molecule has 1 aromatic rings. The summed E-state index contributed by atoms with van der Waals surface area (Å²) >= 11 is 0. The molecule has 0 unspecified atom stereocenters. The van der Waals surface area contributed by atoms with Crippen LogP contribution in [0.5, 0.6) is 0 Å². The van der Waals surface area contributed by atoms with Crippen LogP contribution in [0.4, 0.5) is 0 Å². The summed E-state index contributed by atoms with van der Waals surface area (Å²) in [5, 5.41) is 4.56. The minimum Gasteiger partial charge on any atom is -0.299 e. The lowest BCUT2D eigenvalue weighted by molar-refractivity contribution is -0.118. The molecule has 0 aliphatic heterocycles. The second-order valence-electron chi connectivity index (χ2n) is 5.40. The Kier molecular flexibility index (Phi) is 4.97. The molecular formula is C15H24N2O. The van der Waals surface area contributed by atoms with Gasteiger partial charge in [0.15, 0.2) is 0 Å². The third-order valence-corrected chi connectivity index (χ3v) is 3.80. The number of carbonyl (C=O) groups is 1. The molecule has 1 saturated carbocycles. The molecule has 0 radical (unpaired) electrons. The van der Waals surface area contributed by atoms with Gasteiger partial charge in [-0.2, -0.15) is 5.10 Å². The fraction of sp³-hybridized carbons (Fsp3) is 0.733. The van der Waals surface area contributed by atoms with Gasteiger partial charge in [0, 0.05) is 12.6 Å². The first kappa shape index (κ1) is 13.3. The zero-order valence-corrected chi connectivity index (χ0v) is 11.4. The van der Waals surface area contributed by atoms with E-state index < -0.39 is 0 Å². The van der Waals surface area contributed by atoms with Gasteiger partial charge in [0.05, 0.1) is 18.2 Å². The zero-order valence-electron chi connectivity index (χ0n) is 11.4. The third-order valence-electron chi connectivity index (χ3n) is 3.80. The van der Waals surface area contributed by atoms with E-state index in [1.54, 1.807) is 0 Å². The molecule has 0 N–H and O–H groups in total. The van der Waals surface area contributed by atoms with Crippen LogP contribution in [0, 0.1) is 0 Å². The predicted molar refractivity (Wildman–Crippen MR) is 72.6 cm³/mol. The fourth-order valence-corrected chi connectivity index (χ4v) is 2.71. The molecule has 1 aliphatic carbocycles. The topological polar surface area (TPSA) is 34.9 Å². The number of carbonyl (C=O) groups excluding carboxylic acids is 1. The van der Waals surface area contributed by atoms with Gasteiger partial charge < -0.3 is 0 Å². The van der Waals surface area contributed by atoms with Gasteiger partial charge >= 0.3 is 0 Å². The molecule has 2 rings (SSSR count). The molecule has 1 aromatic heterocycles. The maximum absolute atomic E-state index is 11.8. The van der Waals surface area contributed by atoms with Gasteiger partial charge in [0.1, 0.15) is 5.78 Å². The molecular weight excluding hydrogens is 224 g/mol. The Morgan fingerprint density at radius 3 is 2.89 bits per heavy atom. The van der Waals surface area contributed by atoms with E-state index in [-0.39, 0.29) is 0 Å². The van der Waals surface area contributed by atoms with Crippen molar-refractivity contribution in [3.63, 3.8) is 0 Å². The van der Waals surface area contributed by atoms with Crippen molar-refractivity contribution in [1.82, 2.24) is 9.78 Å². The first-order valence-corrected chi connectivity index (χ1v) is 7.35. The molecule has 18 heavy (non-hydrogen) atoms. The monoisotopic (exact) mass is 248 g/mol. The quantitative estimate of drug-likeness (QED) is 0.690. The minimum atomic E-state index is 0.333. The zero-order chi connectivity index (χ0) is 12.8. The molecule has 0 amide bonds. The third kappa shape index (κ3) is 3.69. The molecule has 0 aromatic carbocycles. The Bertz CT molecular complexity index is 378. The molecule has 3 nitrogen and oxygen atoms in total. The lowest BCUT2D eigenvalue weighted by Crippen LogP contribution is -2.08. The Hall–Kier alpha value is -1.12. The van der Waals surface area contributed by atoms with Gasteiger partial charge in [-0.1, -0.05) is 32.6 Å².